The number of carboxylic acids is 1. The normalized spacial score (nSPS) is 18.0. The molecule has 1 aliphatic rings. The molecule has 2 aromatic rings. The van der Waals surface area contributed by atoms with E-state index in [0.717, 1.165) is 24.9 Å². The van der Waals surface area contributed by atoms with E-state index >= 15 is 0 Å². The van der Waals surface area contributed by atoms with Gasteiger partial charge >= 0.3 is 5.97 Å². The number of carbonyl (C=O) groups excluding carboxylic acids is 1. The molecule has 120 valence electrons. The van der Waals surface area contributed by atoms with Crippen LogP contribution in [0, 0.1) is 0 Å². The van der Waals surface area contributed by atoms with Gasteiger partial charge in [0.05, 0.1) is 5.56 Å². The molecule has 1 N–H and O–H groups in total. The van der Waals surface area contributed by atoms with Crippen molar-refractivity contribution in [1.82, 2.24) is 14.7 Å². The van der Waals surface area contributed by atoms with Crippen molar-refractivity contribution < 1.29 is 14.7 Å². The largest absolute Gasteiger partial charge is 0.478 e. The minimum Gasteiger partial charge on any atom is -0.478 e. The summed E-state index contributed by atoms with van der Waals surface area (Å²) < 4.78 is 1.59. The molecule has 0 saturated carbocycles. The maximum absolute atomic E-state index is 12.6. The second kappa shape index (κ2) is 6.24. The number of hydrogen-bond acceptors (Lipinski definition) is 3. The van der Waals surface area contributed by atoms with Crippen molar-refractivity contribution in [2.75, 3.05) is 13.1 Å². The van der Waals surface area contributed by atoms with Gasteiger partial charge in [-0.3, -0.25) is 9.48 Å². The molecule has 1 saturated heterocycles. The zero-order valence-corrected chi connectivity index (χ0v) is 13.0. The van der Waals surface area contributed by atoms with Crippen molar-refractivity contribution in [3.8, 4) is 0 Å². The third kappa shape index (κ3) is 3.11. The van der Waals surface area contributed by atoms with Gasteiger partial charge in [-0.15, -0.1) is 0 Å². The molecule has 0 unspecified atom stereocenters. The number of hydrogen-bond donors (Lipinski definition) is 1. The molecule has 3 rings (SSSR count). The lowest BCUT2D eigenvalue weighted by atomic mass is 9.90. The Bertz CT molecular complexity index is 721. The predicted molar refractivity (Wildman–Crippen MR) is 84.5 cm³/mol. The van der Waals surface area contributed by atoms with Gasteiger partial charge in [0, 0.05) is 32.3 Å². The minimum absolute atomic E-state index is 0.00291. The monoisotopic (exact) mass is 313 g/mol. The van der Waals surface area contributed by atoms with E-state index < -0.39 is 5.97 Å². The molecule has 1 atom stereocenters. The Morgan fingerprint density at radius 3 is 2.57 bits per heavy atom. The van der Waals surface area contributed by atoms with Crippen molar-refractivity contribution in [1.29, 1.82) is 0 Å². The molecule has 1 aliphatic heterocycles. The summed E-state index contributed by atoms with van der Waals surface area (Å²) in [6.45, 7) is 1.39. The van der Waals surface area contributed by atoms with Crippen LogP contribution in [-0.4, -0.2) is 44.8 Å². The van der Waals surface area contributed by atoms with E-state index in [0.29, 0.717) is 12.2 Å². The van der Waals surface area contributed by atoms with Crippen LogP contribution in [0.25, 0.3) is 0 Å². The number of nitrogens with zero attached hydrogens (tertiary/aromatic N) is 3. The number of amides is 1. The minimum atomic E-state index is -0.923. The highest BCUT2D eigenvalue weighted by molar-refractivity contribution is 5.92. The number of benzene rings is 1. The van der Waals surface area contributed by atoms with Gasteiger partial charge in [-0.2, -0.15) is 5.10 Å². The van der Waals surface area contributed by atoms with E-state index in [1.807, 2.05) is 17.0 Å². The quantitative estimate of drug-likeness (QED) is 0.942. The molecule has 2 heterocycles. The number of rotatable bonds is 3. The molecule has 0 radical (unpaired) electrons. The zero-order chi connectivity index (χ0) is 16.4. The Morgan fingerprint density at radius 1 is 1.22 bits per heavy atom. The van der Waals surface area contributed by atoms with Gasteiger partial charge in [-0.1, -0.05) is 12.1 Å². The summed E-state index contributed by atoms with van der Waals surface area (Å²) in [7, 11) is 1.76. The van der Waals surface area contributed by atoms with Gasteiger partial charge in [0.25, 0.3) is 5.91 Å². The Labute approximate surface area is 134 Å². The summed E-state index contributed by atoms with van der Waals surface area (Å²) in [6.07, 6.45) is 3.57. The Kier molecular flexibility index (Phi) is 4.14. The maximum Gasteiger partial charge on any atom is 0.335 e. The van der Waals surface area contributed by atoms with E-state index in [2.05, 4.69) is 5.10 Å². The highest BCUT2D eigenvalue weighted by Crippen LogP contribution is 2.28. The van der Waals surface area contributed by atoms with Crippen LogP contribution in [0.3, 0.4) is 0 Å². The Morgan fingerprint density at radius 2 is 1.96 bits per heavy atom. The molecule has 23 heavy (non-hydrogen) atoms. The van der Waals surface area contributed by atoms with Crippen LogP contribution in [0.15, 0.2) is 36.5 Å². The van der Waals surface area contributed by atoms with E-state index in [1.165, 1.54) is 0 Å². The van der Waals surface area contributed by atoms with Crippen LogP contribution in [0.2, 0.25) is 0 Å². The van der Waals surface area contributed by atoms with E-state index in [4.69, 9.17) is 5.11 Å². The van der Waals surface area contributed by atoms with Crippen molar-refractivity contribution in [3.63, 3.8) is 0 Å². The fourth-order valence-electron chi connectivity index (χ4n) is 3.08. The zero-order valence-electron chi connectivity index (χ0n) is 13.0. The third-order valence-corrected chi connectivity index (χ3v) is 4.38. The molecule has 0 aliphatic carbocycles. The van der Waals surface area contributed by atoms with Gasteiger partial charge in [0.15, 0.2) is 0 Å². The predicted octanol–water partition coefficient (Wildman–Crippen LogP) is 2.14. The summed E-state index contributed by atoms with van der Waals surface area (Å²) in [5.74, 6) is -0.686. The number of carbonyl (C=O) groups is 2. The molecule has 6 nitrogen and oxygen atoms in total. The first-order valence-electron chi connectivity index (χ1n) is 7.67. The van der Waals surface area contributed by atoms with Crippen molar-refractivity contribution in [3.05, 3.63) is 53.3 Å². The summed E-state index contributed by atoms with van der Waals surface area (Å²) in [6, 6.07) is 8.69. The number of aryl methyl sites for hydroxylation is 1. The molecular weight excluding hydrogens is 294 g/mol. The third-order valence-electron chi connectivity index (χ3n) is 4.38. The molecule has 1 aromatic carbocycles. The molecule has 0 spiro atoms. The number of aromatic carboxylic acids is 1. The SMILES string of the molecule is Cn1nccc1C(=O)N1CCC[C@@H](c2ccc(C(=O)O)cc2)C1. The average Bonchev–Trinajstić information content (AvgIpc) is 3.00. The molecule has 0 bridgehead atoms. The van der Waals surface area contributed by atoms with Crippen LogP contribution < -0.4 is 0 Å². The fraction of sp³-hybridized carbons (Fsp3) is 0.353. The number of piperidine rings is 1. The summed E-state index contributed by atoms with van der Waals surface area (Å²) in [5.41, 5.74) is 1.96. The summed E-state index contributed by atoms with van der Waals surface area (Å²) in [5, 5.41) is 13.0. The fourth-order valence-corrected chi connectivity index (χ4v) is 3.08. The summed E-state index contributed by atoms with van der Waals surface area (Å²) >= 11 is 0. The number of likely N-dealkylation sites (tertiary alicyclic amines) is 1. The topological polar surface area (TPSA) is 75.4 Å². The number of carboxylic acid groups (broad SMARTS) is 1. The Hall–Kier alpha value is -2.63. The van der Waals surface area contributed by atoms with Gasteiger partial charge in [-0.05, 0) is 36.6 Å². The first-order valence-corrected chi connectivity index (χ1v) is 7.67. The van der Waals surface area contributed by atoms with Crippen LogP contribution in [0.1, 0.15) is 45.2 Å². The van der Waals surface area contributed by atoms with Crippen molar-refractivity contribution in [2.24, 2.45) is 7.05 Å². The molecule has 6 heteroatoms. The lowest BCUT2D eigenvalue weighted by Crippen LogP contribution is -2.39. The standard InChI is InChI=1S/C17H19N3O3/c1-19-15(8-9-18-19)16(21)20-10-2-3-14(11-20)12-4-6-13(7-5-12)17(22)23/h4-9,14H,2-3,10-11H2,1H3,(H,22,23)/t14-/m1/s1. The van der Waals surface area contributed by atoms with Crippen molar-refractivity contribution >= 4 is 11.9 Å². The van der Waals surface area contributed by atoms with Gasteiger partial charge < -0.3 is 10.0 Å². The first kappa shape index (κ1) is 15.3. The average molecular weight is 313 g/mol. The van der Waals surface area contributed by atoms with Crippen LogP contribution in [-0.2, 0) is 7.05 Å². The maximum atomic E-state index is 12.6. The van der Waals surface area contributed by atoms with Crippen LogP contribution in [0.4, 0.5) is 0 Å². The second-order valence-electron chi connectivity index (χ2n) is 5.86. The molecule has 1 aromatic heterocycles. The van der Waals surface area contributed by atoms with Gasteiger partial charge in [-0.25, -0.2) is 4.79 Å². The van der Waals surface area contributed by atoms with Gasteiger partial charge in [0.2, 0.25) is 0 Å². The van der Waals surface area contributed by atoms with Crippen molar-refractivity contribution in [2.45, 2.75) is 18.8 Å². The molecule has 1 fully saturated rings. The highest BCUT2D eigenvalue weighted by Gasteiger charge is 2.26. The molecular formula is C17H19N3O3. The number of aromatic nitrogens is 2. The van der Waals surface area contributed by atoms with Gasteiger partial charge in [0.1, 0.15) is 5.69 Å². The van der Waals surface area contributed by atoms with E-state index in [1.54, 1.807) is 36.1 Å². The lowest BCUT2D eigenvalue weighted by Gasteiger charge is -2.33. The van der Waals surface area contributed by atoms with Crippen LogP contribution in [0.5, 0.6) is 0 Å². The van der Waals surface area contributed by atoms with E-state index in [9.17, 15) is 9.59 Å². The Balaban J connectivity index is 1.74. The second-order valence-corrected chi connectivity index (χ2v) is 5.86. The molecule has 1 amide bonds. The highest BCUT2D eigenvalue weighted by atomic mass is 16.4. The lowest BCUT2D eigenvalue weighted by molar-refractivity contribution is 0.0689. The van der Waals surface area contributed by atoms with E-state index in [-0.39, 0.29) is 17.4 Å². The summed E-state index contributed by atoms with van der Waals surface area (Å²) in [4.78, 5) is 25.4. The van der Waals surface area contributed by atoms with Crippen LogP contribution >= 0.6 is 0 Å². The smallest absolute Gasteiger partial charge is 0.335 e. The first-order chi connectivity index (χ1) is 11.1.